The Morgan fingerprint density at radius 2 is 1.79 bits per heavy atom. The third-order valence-electron chi connectivity index (χ3n) is 2.65. The Morgan fingerprint density at radius 3 is 2.37 bits per heavy atom. The molecule has 2 rings (SSSR count). The van der Waals surface area contributed by atoms with Crippen molar-refractivity contribution >= 4 is 17.1 Å². The van der Waals surface area contributed by atoms with Gasteiger partial charge in [-0.3, -0.25) is 0 Å². The Bertz CT molecular complexity index is 536. The fraction of sp³-hybridized carbons (Fsp3) is 0.143. The number of hydrogen-bond donors (Lipinski definition) is 2. The van der Waals surface area contributed by atoms with Gasteiger partial charge in [0.15, 0.2) is 0 Å². The van der Waals surface area contributed by atoms with Crippen molar-refractivity contribution < 1.29 is 13.5 Å². The molecule has 19 heavy (non-hydrogen) atoms. The van der Waals surface area contributed by atoms with Gasteiger partial charge >= 0.3 is 6.61 Å². The molecular weight excluding hydrogens is 250 g/mol. The van der Waals surface area contributed by atoms with Gasteiger partial charge < -0.3 is 15.8 Å². The fourth-order valence-electron chi connectivity index (χ4n) is 1.73. The molecule has 5 heteroatoms. The molecule has 0 atom stereocenters. The van der Waals surface area contributed by atoms with E-state index in [1.807, 2.05) is 19.1 Å². The van der Waals surface area contributed by atoms with Crippen LogP contribution < -0.4 is 15.8 Å². The summed E-state index contributed by atoms with van der Waals surface area (Å²) in [6, 6.07) is 11.9. The van der Waals surface area contributed by atoms with E-state index in [-0.39, 0.29) is 5.75 Å². The summed E-state index contributed by atoms with van der Waals surface area (Å²) in [6.45, 7) is -0.877. The number of para-hydroxylation sites is 1. The van der Waals surface area contributed by atoms with Crippen LogP contribution in [0.4, 0.5) is 25.8 Å². The maximum Gasteiger partial charge on any atom is 0.387 e. The van der Waals surface area contributed by atoms with E-state index in [1.165, 1.54) is 12.1 Å². The molecule has 3 N–H and O–H groups in total. The average molecular weight is 264 g/mol. The number of alkyl halides is 2. The molecule has 0 amide bonds. The lowest BCUT2D eigenvalue weighted by Crippen LogP contribution is -2.02. The number of nitrogens with one attached hydrogen (secondary N) is 1. The van der Waals surface area contributed by atoms with Crippen LogP contribution in [0.15, 0.2) is 42.5 Å². The first-order valence-corrected chi connectivity index (χ1v) is 5.73. The molecule has 0 fully saturated rings. The Labute approximate surface area is 110 Å². The predicted molar refractivity (Wildman–Crippen MR) is 71.9 cm³/mol. The molecule has 0 heterocycles. The summed E-state index contributed by atoms with van der Waals surface area (Å²) < 4.78 is 28.3. The minimum absolute atomic E-state index is 0.123. The highest BCUT2D eigenvalue weighted by Crippen LogP contribution is 2.27. The molecule has 0 saturated heterocycles. The van der Waals surface area contributed by atoms with Crippen molar-refractivity contribution in [2.75, 3.05) is 11.1 Å². The maximum absolute atomic E-state index is 12.0. The molecule has 0 radical (unpaired) electrons. The topological polar surface area (TPSA) is 47.3 Å². The van der Waals surface area contributed by atoms with Crippen molar-refractivity contribution in [2.24, 2.45) is 0 Å². The van der Waals surface area contributed by atoms with Crippen LogP contribution in [0.2, 0.25) is 0 Å². The summed E-state index contributed by atoms with van der Waals surface area (Å²) in [5, 5.41) is 3.15. The SMILES string of the molecule is Cc1cccc(N)c1Nc1ccc(OC(F)F)cc1. The number of halogens is 2. The molecular formula is C14H14F2N2O. The molecule has 3 nitrogen and oxygen atoms in total. The lowest BCUT2D eigenvalue weighted by atomic mass is 10.1. The van der Waals surface area contributed by atoms with Crippen molar-refractivity contribution in [1.29, 1.82) is 0 Å². The number of anilines is 3. The summed E-state index contributed by atoms with van der Waals surface area (Å²) in [5.74, 6) is 0.123. The molecule has 0 unspecified atom stereocenters. The molecule has 0 bridgehead atoms. The molecule has 0 saturated carbocycles. The van der Waals surface area contributed by atoms with Gasteiger partial charge in [-0.1, -0.05) is 12.1 Å². The van der Waals surface area contributed by atoms with Crippen molar-refractivity contribution in [3.63, 3.8) is 0 Å². The van der Waals surface area contributed by atoms with E-state index in [0.717, 1.165) is 16.9 Å². The van der Waals surface area contributed by atoms with Gasteiger partial charge in [0.1, 0.15) is 5.75 Å². The van der Waals surface area contributed by atoms with Gasteiger partial charge in [0.2, 0.25) is 0 Å². The summed E-state index contributed by atoms with van der Waals surface area (Å²) in [6.07, 6.45) is 0. The van der Waals surface area contributed by atoms with Gasteiger partial charge in [0.05, 0.1) is 11.4 Å². The Kier molecular flexibility index (Phi) is 3.85. The fourth-order valence-corrected chi connectivity index (χ4v) is 1.73. The molecule has 2 aromatic rings. The zero-order valence-corrected chi connectivity index (χ0v) is 10.4. The van der Waals surface area contributed by atoms with Gasteiger partial charge in [0, 0.05) is 5.69 Å². The van der Waals surface area contributed by atoms with E-state index >= 15 is 0 Å². The second kappa shape index (κ2) is 5.56. The van der Waals surface area contributed by atoms with Crippen LogP contribution in [0.1, 0.15) is 5.56 Å². The van der Waals surface area contributed by atoms with Crippen LogP contribution >= 0.6 is 0 Å². The maximum atomic E-state index is 12.0. The normalized spacial score (nSPS) is 10.5. The first-order chi connectivity index (χ1) is 9.06. The number of benzene rings is 2. The lowest BCUT2D eigenvalue weighted by Gasteiger charge is -2.12. The number of nitrogens with two attached hydrogens (primary N) is 1. The highest BCUT2D eigenvalue weighted by Gasteiger charge is 2.05. The van der Waals surface area contributed by atoms with Crippen LogP contribution in [0, 0.1) is 6.92 Å². The van der Waals surface area contributed by atoms with Gasteiger partial charge in [-0.05, 0) is 42.8 Å². The van der Waals surface area contributed by atoms with E-state index < -0.39 is 6.61 Å². The monoisotopic (exact) mass is 264 g/mol. The van der Waals surface area contributed by atoms with Crippen molar-refractivity contribution in [2.45, 2.75) is 13.5 Å². The Hall–Kier alpha value is -2.30. The molecule has 0 spiro atoms. The highest BCUT2D eigenvalue weighted by atomic mass is 19.3. The molecule has 0 aliphatic heterocycles. The number of ether oxygens (including phenoxy) is 1. The van der Waals surface area contributed by atoms with Crippen LogP contribution in [-0.2, 0) is 0 Å². The van der Waals surface area contributed by atoms with Gasteiger partial charge in [-0.15, -0.1) is 0 Å². The van der Waals surface area contributed by atoms with Crippen LogP contribution in [-0.4, -0.2) is 6.61 Å². The van der Waals surface area contributed by atoms with Crippen molar-refractivity contribution in [1.82, 2.24) is 0 Å². The van der Waals surface area contributed by atoms with E-state index in [1.54, 1.807) is 18.2 Å². The molecule has 0 aliphatic carbocycles. The Balaban J connectivity index is 2.15. The van der Waals surface area contributed by atoms with Gasteiger partial charge in [0.25, 0.3) is 0 Å². The smallest absolute Gasteiger partial charge is 0.387 e. The van der Waals surface area contributed by atoms with Crippen molar-refractivity contribution in [3.05, 3.63) is 48.0 Å². The number of hydrogen-bond acceptors (Lipinski definition) is 3. The summed E-state index contributed by atoms with van der Waals surface area (Å²) >= 11 is 0. The third-order valence-corrected chi connectivity index (χ3v) is 2.65. The van der Waals surface area contributed by atoms with E-state index in [4.69, 9.17) is 5.73 Å². The summed E-state index contributed by atoms with van der Waals surface area (Å²) in [5.41, 5.74) is 9.08. The van der Waals surface area contributed by atoms with E-state index in [0.29, 0.717) is 5.69 Å². The first kappa shape index (κ1) is 13.1. The molecule has 100 valence electrons. The quantitative estimate of drug-likeness (QED) is 0.823. The zero-order valence-electron chi connectivity index (χ0n) is 10.4. The van der Waals surface area contributed by atoms with Crippen LogP contribution in [0.25, 0.3) is 0 Å². The summed E-state index contributed by atoms with van der Waals surface area (Å²) in [4.78, 5) is 0. The van der Waals surface area contributed by atoms with E-state index in [9.17, 15) is 8.78 Å². The minimum atomic E-state index is -2.81. The lowest BCUT2D eigenvalue weighted by molar-refractivity contribution is -0.0498. The standard InChI is InChI=1S/C14H14F2N2O/c1-9-3-2-4-12(17)13(9)18-10-5-7-11(8-6-10)19-14(15)16/h2-8,14,18H,17H2,1H3. The average Bonchev–Trinajstić information content (AvgIpc) is 2.35. The summed E-state index contributed by atoms with van der Waals surface area (Å²) in [7, 11) is 0. The largest absolute Gasteiger partial charge is 0.435 e. The van der Waals surface area contributed by atoms with Crippen molar-refractivity contribution in [3.8, 4) is 5.75 Å². The number of aryl methyl sites for hydroxylation is 1. The van der Waals surface area contributed by atoms with Gasteiger partial charge in [-0.25, -0.2) is 0 Å². The van der Waals surface area contributed by atoms with Gasteiger partial charge in [-0.2, -0.15) is 8.78 Å². The highest BCUT2D eigenvalue weighted by molar-refractivity contribution is 5.75. The second-order valence-electron chi connectivity index (χ2n) is 4.07. The number of rotatable bonds is 4. The first-order valence-electron chi connectivity index (χ1n) is 5.73. The predicted octanol–water partition coefficient (Wildman–Crippen LogP) is 3.92. The number of nitrogen functional groups attached to an aromatic ring is 1. The Morgan fingerprint density at radius 1 is 1.11 bits per heavy atom. The van der Waals surface area contributed by atoms with E-state index in [2.05, 4.69) is 10.1 Å². The third kappa shape index (κ3) is 3.34. The van der Waals surface area contributed by atoms with Crippen LogP contribution in [0.3, 0.4) is 0 Å². The second-order valence-corrected chi connectivity index (χ2v) is 4.07. The molecule has 0 aromatic heterocycles. The molecule has 2 aromatic carbocycles. The van der Waals surface area contributed by atoms with Crippen LogP contribution in [0.5, 0.6) is 5.75 Å². The molecule has 0 aliphatic rings. The zero-order chi connectivity index (χ0) is 13.8. The minimum Gasteiger partial charge on any atom is -0.435 e.